The van der Waals surface area contributed by atoms with Crippen molar-refractivity contribution in [2.45, 2.75) is 19.4 Å². The van der Waals surface area contributed by atoms with E-state index in [1.807, 2.05) is 5.43 Å². The molecule has 19 heavy (non-hydrogen) atoms. The van der Waals surface area contributed by atoms with Crippen molar-refractivity contribution < 1.29 is 18.3 Å². The van der Waals surface area contributed by atoms with Gasteiger partial charge in [-0.3, -0.25) is 10.6 Å². The summed E-state index contributed by atoms with van der Waals surface area (Å²) in [5.41, 5.74) is 0.727. The number of carbonyl (C=O) groups excluding carboxylic acids is 1. The van der Waals surface area contributed by atoms with Crippen molar-refractivity contribution in [2.75, 3.05) is 19.1 Å². The minimum Gasteiger partial charge on any atom is -0.377 e. The molecule has 0 unspecified atom stereocenters. The normalized spacial score (nSPS) is 11.3. The lowest BCUT2D eigenvalue weighted by molar-refractivity contribution is 0.0228. The van der Waals surface area contributed by atoms with E-state index >= 15 is 0 Å². The number of benzene rings is 1. The zero-order valence-electron chi connectivity index (χ0n) is 11.0. The lowest BCUT2D eigenvalue weighted by Gasteiger charge is -2.23. The van der Waals surface area contributed by atoms with Crippen LogP contribution in [0.3, 0.4) is 0 Å². The molecule has 0 aliphatic carbocycles. The topological polar surface area (TPSA) is 76.4 Å². The number of hydrazine groups is 1. The van der Waals surface area contributed by atoms with Crippen LogP contribution in [0.25, 0.3) is 0 Å². The van der Waals surface area contributed by atoms with E-state index in [1.54, 1.807) is 13.8 Å². The number of nitrogens with two attached hydrogens (primary N) is 1. The fourth-order valence-electron chi connectivity index (χ4n) is 1.31. The first kappa shape index (κ1) is 15.3. The number of ether oxygens (including phenoxy) is 1. The largest absolute Gasteiger partial charge is 0.377 e. The maximum Gasteiger partial charge on any atom is 0.251 e. The summed E-state index contributed by atoms with van der Waals surface area (Å²) >= 11 is 0. The van der Waals surface area contributed by atoms with Gasteiger partial charge in [0, 0.05) is 19.2 Å². The first-order valence-corrected chi connectivity index (χ1v) is 5.59. The van der Waals surface area contributed by atoms with Crippen molar-refractivity contribution in [2.24, 2.45) is 5.84 Å². The minimum atomic E-state index is -0.932. The maximum absolute atomic E-state index is 13.4. The summed E-state index contributed by atoms with van der Waals surface area (Å²) in [6, 6.07) is 1.82. The molecule has 106 valence electrons. The first-order chi connectivity index (χ1) is 8.80. The Balaban J connectivity index is 2.84. The molecule has 0 spiro atoms. The summed E-state index contributed by atoms with van der Waals surface area (Å²) in [7, 11) is 1.51. The fourth-order valence-corrected chi connectivity index (χ4v) is 1.31. The summed E-state index contributed by atoms with van der Waals surface area (Å²) < 4.78 is 32.0. The molecule has 1 amide bonds. The fraction of sp³-hybridized carbons (Fsp3) is 0.417. The molecule has 0 radical (unpaired) electrons. The van der Waals surface area contributed by atoms with Crippen molar-refractivity contribution >= 4 is 11.6 Å². The molecule has 0 bridgehead atoms. The number of halogens is 2. The molecule has 1 aromatic rings. The molecule has 0 saturated heterocycles. The predicted molar refractivity (Wildman–Crippen MR) is 67.6 cm³/mol. The number of nitrogens with one attached hydrogen (secondary N) is 2. The Kier molecular flexibility index (Phi) is 4.79. The van der Waals surface area contributed by atoms with Crippen LogP contribution >= 0.6 is 0 Å². The standard InChI is InChI=1S/C12H17F2N3O2/c1-12(2,19-3)6-16-11(18)7-4-8(13)10(17-15)9(14)5-7/h4-5,17H,6,15H2,1-3H3,(H,16,18). The second-order valence-corrected chi connectivity index (χ2v) is 4.61. The average molecular weight is 273 g/mol. The zero-order valence-corrected chi connectivity index (χ0v) is 11.0. The van der Waals surface area contributed by atoms with Crippen molar-refractivity contribution in [3.8, 4) is 0 Å². The predicted octanol–water partition coefficient (Wildman–Crippen LogP) is 1.41. The Labute approximate surface area is 110 Å². The van der Waals surface area contributed by atoms with E-state index in [0.717, 1.165) is 12.1 Å². The molecule has 0 fully saturated rings. The molecule has 1 aromatic carbocycles. The van der Waals surface area contributed by atoms with Gasteiger partial charge in [-0.05, 0) is 26.0 Å². The monoisotopic (exact) mass is 273 g/mol. The van der Waals surface area contributed by atoms with Crippen LogP contribution in [-0.4, -0.2) is 25.2 Å². The lowest BCUT2D eigenvalue weighted by Crippen LogP contribution is -2.39. The molecule has 0 atom stereocenters. The maximum atomic E-state index is 13.4. The summed E-state index contributed by atoms with van der Waals surface area (Å²) in [5.74, 6) is 2.51. The van der Waals surface area contributed by atoms with E-state index in [0.29, 0.717) is 0 Å². The van der Waals surface area contributed by atoms with Gasteiger partial charge in [0.25, 0.3) is 5.91 Å². The third-order valence-electron chi connectivity index (χ3n) is 2.68. The number of nitrogen functional groups attached to an aromatic ring is 1. The summed E-state index contributed by atoms with van der Waals surface area (Å²) in [6.07, 6.45) is 0. The van der Waals surface area contributed by atoms with Crippen LogP contribution in [0, 0.1) is 11.6 Å². The average Bonchev–Trinajstić information content (AvgIpc) is 2.35. The van der Waals surface area contributed by atoms with Gasteiger partial charge >= 0.3 is 0 Å². The van der Waals surface area contributed by atoms with E-state index in [9.17, 15) is 13.6 Å². The Bertz CT molecular complexity index is 455. The molecular weight excluding hydrogens is 256 g/mol. The van der Waals surface area contributed by atoms with Crippen molar-refractivity contribution in [3.05, 3.63) is 29.3 Å². The smallest absolute Gasteiger partial charge is 0.251 e. The number of amides is 1. The van der Waals surface area contributed by atoms with Crippen molar-refractivity contribution in [1.29, 1.82) is 0 Å². The highest BCUT2D eigenvalue weighted by molar-refractivity contribution is 5.94. The van der Waals surface area contributed by atoms with Crippen LogP contribution in [0.4, 0.5) is 14.5 Å². The van der Waals surface area contributed by atoms with E-state index in [-0.39, 0.29) is 12.1 Å². The highest BCUT2D eigenvalue weighted by Gasteiger charge is 2.19. The van der Waals surface area contributed by atoms with Gasteiger partial charge in [-0.2, -0.15) is 0 Å². The summed E-state index contributed by atoms with van der Waals surface area (Å²) in [5, 5.41) is 2.53. The van der Waals surface area contributed by atoms with Crippen LogP contribution in [0.5, 0.6) is 0 Å². The molecule has 7 heteroatoms. The van der Waals surface area contributed by atoms with Crippen LogP contribution < -0.4 is 16.6 Å². The van der Waals surface area contributed by atoms with Gasteiger partial charge in [0.15, 0.2) is 11.6 Å². The molecular formula is C12H17F2N3O2. The van der Waals surface area contributed by atoms with E-state index in [1.165, 1.54) is 7.11 Å². The molecule has 1 rings (SSSR count). The molecule has 4 N–H and O–H groups in total. The van der Waals surface area contributed by atoms with Gasteiger partial charge in [0.1, 0.15) is 5.69 Å². The van der Waals surface area contributed by atoms with Gasteiger partial charge in [0.2, 0.25) is 0 Å². The Morgan fingerprint density at radius 2 is 1.89 bits per heavy atom. The summed E-state index contributed by atoms with van der Waals surface area (Å²) in [6.45, 7) is 3.76. The molecule has 0 aliphatic heterocycles. The Hall–Kier alpha value is -1.73. The highest BCUT2D eigenvalue weighted by atomic mass is 19.1. The molecule has 0 aromatic heterocycles. The number of hydrogen-bond acceptors (Lipinski definition) is 4. The SMILES string of the molecule is COC(C)(C)CNC(=O)c1cc(F)c(NN)c(F)c1. The van der Waals surface area contributed by atoms with Gasteiger partial charge in [0.05, 0.1) is 5.60 Å². The van der Waals surface area contributed by atoms with Crippen molar-refractivity contribution in [3.63, 3.8) is 0 Å². The lowest BCUT2D eigenvalue weighted by atomic mass is 10.1. The molecule has 0 aliphatic rings. The van der Waals surface area contributed by atoms with Crippen LogP contribution in [-0.2, 0) is 4.74 Å². The summed E-state index contributed by atoms with van der Waals surface area (Å²) in [4.78, 5) is 11.8. The van der Waals surface area contributed by atoms with Gasteiger partial charge in [-0.15, -0.1) is 0 Å². The zero-order chi connectivity index (χ0) is 14.6. The number of carbonyl (C=O) groups is 1. The number of anilines is 1. The van der Waals surface area contributed by atoms with E-state index in [2.05, 4.69) is 5.32 Å². The van der Waals surface area contributed by atoms with Gasteiger partial charge in [-0.25, -0.2) is 8.78 Å². The van der Waals surface area contributed by atoms with Gasteiger partial charge < -0.3 is 15.5 Å². The highest BCUT2D eigenvalue weighted by Crippen LogP contribution is 2.19. The Morgan fingerprint density at radius 3 is 2.32 bits per heavy atom. The second kappa shape index (κ2) is 5.94. The number of methoxy groups -OCH3 is 1. The van der Waals surface area contributed by atoms with E-state index in [4.69, 9.17) is 10.6 Å². The minimum absolute atomic E-state index is 0.124. The molecule has 0 saturated carbocycles. The Morgan fingerprint density at radius 1 is 1.37 bits per heavy atom. The van der Waals surface area contributed by atoms with Gasteiger partial charge in [-0.1, -0.05) is 0 Å². The van der Waals surface area contributed by atoms with Crippen LogP contribution in [0.2, 0.25) is 0 Å². The third kappa shape index (κ3) is 3.87. The molecule has 0 heterocycles. The quantitative estimate of drug-likeness (QED) is 0.560. The first-order valence-electron chi connectivity index (χ1n) is 5.59. The van der Waals surface area contributed by atoms with Crippen molar-refractivity contribution in [1.82, 2.24) is 5.32 Å². The second-order valence-electron chi connectivity index (χ2n) is 4.61. The number of hydrogen-bond donors (Lipinski definition) is 3. The third-order valence-corrected chi connectivity index (χ3v) is 2.68. The van der Waals surface area contributed by atoms with Crippen LogP contribution in [0.1, 0.15) is 24.2 Å². The molecule has 5 nitrogen and oxygen atoms in total. The van der Waals surface area contributed by atoms with Crippen LogP contribution in [0.15, 0.2) is 12.1 Å². The number of rotatable bonds is 5. The van der Waals surface area contributed by atoms with E-state index < -0.39 is 28.8 Å².